The molecule has 0 spiro atoms. The number of likely N-dealkylation sites (N-methyl/N-ethyl adjacent to an activating group) is 2. The van der Waals surface area contributed by atoms with Gasteiger partial charge in [0, 0.05) is 63.9 Å². The SMILES string of the molecule is CN(C)c1ccc(/C=C/c2sc3ccccc3[n+]2CCC[N+](C)(C)CC[N+](C)(C)CCC[n+]2c(/C=C/c3ccc(N(C)C)cc3)sc3ccccc32)cc1.[I-].[I-].[I-].[I-]. The van der Waals surface area contributed by atoms with Crippen molar-refractivity contribution in [2.24, 2.45) is 0 Å². The van der Waals surface area contributed by atoms with Crippen molar-refractivity contribution in [3.63, 3.8) is 0 Å². The lowest BCUT2D eigenvalue weighted by molar-refractivity contribution is -0.947. The summed E-state index contributed by atoms with van der Waals surface area (Å²) in [5, 5.41) is 2.62. The quantitative estimate of drug-likeness (QED) is 0.0545. The molecule has 0 unspecified atom stereocenters. The molecule has 12 heteroatoms. The van der Waals surface area contributed by atoms with Crippen LogP contribution in [0.3, 0.4) is 0 Å². The predicted octanol–water partition coefficient (Wildman–Crippen LogP) is -3.19. The topological polar surface area (TPSA) is 14.2 Å². The summed E-state index contributed by atoms with van der Waals surface area (Å²) in [6.07, 6.45) is 11.4. The van der Waals surface area contributed by atoms with E-state index in [-0.39, 0.29) is 95.9 Å². The Morgan fingerprint density at radius 1 is 0.466 bits per heavy atom. The molecule has 0 fully saturated rings. The van der Waals surface area contributed by atoms with Crippen LogP contribution in [0.4, 0.5) is 11.4 Å². The van der Waals surface area contributed by atoms with Crippen LogP contribution in [0.15, 0.2) is 97.1 Å². The highest BCUT2D eigenvalue weighted by Crippen LogP contribution is 2.25. The average molecular weight is 1270 g/mol. The monoisotopic (exact) mass is 1270 g/mol. The molecule has 0 aliphatic carbocycles. The van der Waals surface area contributed by atoms with Crippen LogP contribution in [0, 0.1) is 0 Å². The van der Waals surface area contributed by atoms with E-state index in [0.717, 1.165) is 61.1 Å². The standard InChI is InChI=1S/C46H60N6S2.4HI/c1-47(2)39-25-19-37(20-26-39)23-29-45-49(41-15-9-11-17-43(41)53-45)31-13-33-51(5,6)35-36-52(7,8)34-14-32-50-42-16-10-12-18-44(42)54-46(50)30-24-38-21-27-40(28-22-38)48(3)4;;;;/h9-12,15-30H,13-14,31-36H2,1-8H3;4*1H/q+4;;;;/p-4. The van der Waals surface area contributed by atoms with Crippen LogP contribution >= 0.6 is 22.7 Å². The van der Waals surface area contributed by atoms with Crippen molar-refractivity contribution in [2.45, 2.75) is 25.9 Å². The molecule has 0 saturated heterocycles. The summed E-state index contributed by atoms with van der Waals surface area (Å²) in [6, 6.07) is 35.2. The van der Waals surface area contributed by atoms with E-state index in [1.807, 2.05) is 22.7 Å². The van der Waals surface area contributed by atoms with Gasteiger partial charge in [0.25, 0.3) is 10.0 Å². The summed E-state index contributed by atoms with van der Waals surface area (Å²) in [5.41, 5.74) is 7.56. The number of rotatable bonds is 17. The van der Waals surface area contributed by atoms with Crippen molar-refractivity contribution in [2.75, 3.05) is 92.4 Å². The minimum absolute atomic E-state index is 0. The van der Waals surface area contributed by atoms with Crippen LogP contribution in [-0.2, 0) is 13.1 Å². The molecular weight excluding hydrogens is 1210 g/mol. The molecule has 58 heavy (non-hydrogen) atoms. The van der Waals surface area contributed by atoms with E-state index in [4.69, 9.17) is 0 Å². The van der Waals surface area contributed by atoms with Crippen molar-refractivity contribution < 1.29 is 114 Å². The number of hydrogen-bond acceptors (Lipinski definition) is 4. The normalized spacial score (nSPS) is 11.7. The summed E-state index contributed by atoms with van der Waals surface area (Å²) in [7, 11) is 18.0. The van der Waals surface area contributed by atoms with Crippen LogP contribution in [0.25, 0.3) is 44.7 Å². The second-order valence-electron chi connectivity index (χ2n) is 16.2. The van der Waals surface area contributed by atoms with E-state index >= 15 is 0 Å². The molecule has 6 nitrogen and oxygen atoms in total. The van der Waals surface area contributed by atoms with Gasteiger partial charge in [0.2, 0.25) is 11.0 Å². The zero-order valence-electron chi connectivity index (χ0n) is 35.2. The lowest BCUT2D eigenvalue weighted by Gasteiger charge is -2.35. The van der Waals surface area contributed by atoms with Crippen LogP contribution < -0.4 is 115 Å². The molecule has 0 saturated carbocycles. The number of aromatic nitrogens is 2. The summed E-state index contributed by atoms with van der Waals surface area (Å²) >= 11 is 3.77. The molecule has 0 bridgehead atoms. The fourth-order valence-corrected chi connectivity index (χ4v) is 9.18. The lowest BCUT2D eigenvalue weighted by atomic mass is 10.2. The van der Waals surface area contributed by atoms with Crippen molar-refractivity contribution in [3.05, 3.63) is 118 Å². The van der Waals surface area contributed by atoms with Gasteiger partial charge in [0.15, 0.2) is 13.1 Å². The third-order valence-corrected chi connectivity index (χ3v) is 12.8. The molecule has 2 heterocycles. The number of hydrogen-bond donors (Lipinski definition) is 0. The smallest absolute Gasteiger partial charge is 0.262 e. The fourth-order valence-electron chi connectivity index (χ4n) is 7.00. The third kappa shape index (κ3) is 14.6. The Balaban J connectivity index is 0.00000290. The van der Waals surface area contributed by atoms with Crippen molar-refractivity contribution in [1.29, 1.82) is 0 Å². The van der Waals surface area contributed by atoms with E-state index in [9.17, 15) is 0 Å². The minimum atomic E-state index is 0. The summed E-state index contributed by atoms with van der Waals surface area (Å²) in [6.45, 7) is 6.66. The first-order valence-corrected chi connectivity index (χ1v) is 20.9. The molecule has 6 rings (SSSR count). The van der Waals surface area contributed by atoms with Crippen LogP contribution in [0.5, 0.6) is 0 Å². The first-order chi connectivity index (χ1) is 25.9. The number of quaternary nitrogens is 2. The Kier molecular flexibility index (Phi) is 22.1. The number of fused-ring (bicyclic) bond motifs is 2. The summed E-state index contributed by atoms with van der Waals surface area (Å²) in [5.74, 6) is 0. The average Bonchev–Trinajstić information content (AvgIpc) is 3.70. The molecule has 0 aliphatic rings. The Bertz CT molecular complexity index is 2050. The number of anilines is 2. The zero-order chi connectivity index (χ0) is 38.3. The third-order valence-electron chi connectivity index (χ3n) is 10.5. The fraction of sp³-hybridized carbons (Fsp3) is 0.348. The van der Waals surface area contributed by atoms with E-state index in [0.29, 0.717) is 0 Å². The molecule has 0 amide bonds. The molecule has 6 aromatic rings. The van der Waals surface area contributed by atoms with Crippen molar-refractivity contribution in [1.82, 2.24) is 0 Å². The molecule has 314 valence electrons. The van der Waals surface area contributed by atoms with Gasteiger partial charge in [0.1, 0.15) is 22.5 Å². The molecule has 2 aromatic heterocycles. The van der Waals surface area contributed by atoms with E-state index < -0.39 is 0 Å². The molecule has 0 radical (unpaired) electrons. The summed E-state index contributed by atoms with van der Waals surface area (Å²) in [4.78, 5) is 4.28. The van der Waals surface area contributed by atoms with Gasteiger partial charge in [-0.2, -0.15) is 9.13 Å². The maximum absolute atomic E-state index is 2.53. The first-order valence-electron chi connectivity index (χ1n) is 19.3. The van der Waals surface area contributed by atoms with Gasteiger partial charge < -0.3 is 115 Å². The first kappa shape index (κ1) is 52.7. The van der Waals surface area contributed by atoms with Gasteiger partial charge in [-0.3, -0.25) is 0 Å². The molecule has 0 aliphatic heterocycles. The van der Waals surface area contributed by atoms with Crippen LogP contribution in [0.1, 0.15) is 34.0 Å². The number of benzene rings is 4. The highest BCUT2D eigenvalue weighted by atomic mass is 127. The van der Waals surface area contributed by atoms with Crippen molar-refractivity contribution >= 4 is 78.8 Å². The van der Waals surface area contributed by atoms with Gasteiger partial charge in [0.05, 0.1) is 54.1 Å². The van der Waals surface area contributed by atoms with Crippen LogP contribution in [-0.4, -0.2) is 91.5 Å². The lowest BCUT2D eigenvalue weighted by Crippen LogP contribution is -3.00. The van der Waals surface area contributed by atoms with E-state index in [2.05, 4.69) is 197 Å². The second kappa shape index (κ2) is 24.3. The number of nitrogens with zero attached hydrogens (tertiary/aromatic N) is 6. The maximum Gasteiger partial charge on any atom is 0.262 e. The maximum atomic E-state index is 2.53. The van der Waals surface area contributed by atoms with Gasteiger partial charge in [-0.25, -0.2) is 0 Å². The Hall–Kier alpha value is -1.42. The van der Waals surface area contributed by atoms with Gasteiger partial charge >= 0.3 is 0 Å². The highest BCUT2D eigenvalue weighted by molar-refractivity contribution is 7.19. The molecule has 0 atom stereocenters. The number of aryl methyl sites for hydroxylation is 2. The van der Waals surface area contributed by atoms with Crippen molar-refractivity contribution in [3.8, 4) is 0 Å². The zero-order valence-corrected chi connectivity index (χ0v) is 45.5. The van der Waals surface area contributed by atoms with Gasteiger partial charge in [-0.05, 0) is 59.7 Å². The highest BCUT2D eigenvalue weighted by Gasteiger charge is 2.26. The Labute approximate surface area is 424 Å². The molecule has 0 N–H and O–H groups in total. The minimum Gasteiger partial charge on any atom is -1.00 e. The Morgan fingerprint density at radius 3 is 1.16 bits per heavy atom. The number of para-hydroxylation sites is 2. The predicted molar refractivity (Wildman–Crippen MR) is 236 cm³/mol. The van der Waals surface area contributed by atoms with Crippen LogP contribution in [0.2, 0.25) is 0 Å². The second-order valence-corrected chi connectivity index (χ2v) is 18.4. The largest absolute Gasteiger partial charge is 1.00 e. The molecular formula is C46H60I4N6S2. The summed E-state index contributed by atoms with van der Waals surface area (Å²) < 4.78 is 9.81. The number of halogens is 4. The van der Waals surface area contributed by atoms with Gasteiger partial charge in [-0.1, -0.05) is 71.2 Å². The Morgan fingerprint density at radius 2 is 0.810 bits per heavy atom. The number of thiazole rings is 2. The van der Waals surface area contributed by atoms with Gasteiger partial charge in [-0.15, -0.1) is 0 Å². The molecule has 4 aromatic carbocycles. The van der Waals surface area contributed by atoms with E-state index in [1.54, 1.807) is 0 Å². The van der Waals surface area contributed by atoms with E-state index in [1.165, 1.54) is 53.0 Å².